The second-order valence-electron chi connectivity index (χ2n) is 6.28. The summed E-state index contributed by atoms with van der Waals surface area (Å²) in [5, 5.41) is 9.43. The molecular formula is C15H24N2O3S. The third kappa shape index (κ3) is 2.89. The van der Waals surface area contributed by atoms with Crippen LogP contribution in [0, 0.1) is 0 Å². The molecule has 1 aromatic rings. The summed E-state index contributed by atoms with van der Waals surface area (Å²) < 4.78 is 29.0. The predicted octanol–water partition coefficient (Wildman–Crippen LogP) is 2.27. The molecule has 0 bridgehead atoms. The first-order valence-corrected chi connectivity index (χ1v) is 9.27. The van der Waals surface area contributed by atoms with Gasteiger partial charge in [-0.05, 0) is 31.7 Å². The van der Waals surface area contributed by atoms with Crippen molar-refractivity contribution < 1.29 is 13.5 Å². The van der Waals surface area contributed by atoms with Gasteiger partial charge < -0.3 is 9.67 Å². The molecule has 0 spiro atoms. The second-order valence-corrected chi connectivity index (χ2v) is 8.27. The first-order valence-electron chi connectivity index (χ1n) is 7.83. The van der Waals surface area contributed by atoms with Crippen LogP contribution in [-0.2, 0) is 16.6 Å². The van der Waals surface area contributed by atoms with Gasteiger partial charge in [-0.2, -0.15) is 4.31 Å². The van der Waals surface area contributed by atoms with Gasteiger partial charge in [-0.25, -0.2) is 8.42 Å². The van der Waals surface area contributed by atoms with Crippen molar-refractivity contribution in [2.45, 2.75) is 68.5 Å². The minimum atomic E-state index is -3.45. The maximum absolute atomic E-state index is 12.8. The van der Waals surface area contributed by atoms with Crippen LogP contribution in [0.3, 0.4) is 0 Å². The molecule has 2 aliphatic carbocycles. The number of aromatic nitrogens is 1. The lowest BCUT2D eigenvalue weighted by atomic mass is 9.96. The molecule has 0 unspecified atom stereocenters. The molecule has 1 heterocycles. The molecule has 2 aliphatic rings. The van der Waals surface area contributed by atoms with Crippen molar-refractivity contribution in [1.82, 2.24) is 8.87 Å². The third-order valence-corrected chi connectivity index (χ3v) is 6.65. The van der Waals surface area contributed by atoms with Crippen molar-refractivity contribution >= 4 is 10.0 Å². The zero-order valence-corrected chi connectivity index (χ0v) is 13.3. The molecule has 0 saturated heterocycles. The van der Waals surface area contributed by atoms with Gasteiger partial charge in [0.05, 0.1) is 6.61 Å². The Labute approximate surface area is 126 Å². The largest absolute Gasteiger partial charge is 0.390 e. The van der Waals surface area contributed by atoms with Crippen LogP contribution in [0.4, 0.5) is 0 Å². The van der Waals surface area contributed by atoms with Gasteiger partial charge in [0.25, 0.3) is 0 Å². The van der Waals surface area contributed by atoms with Gasteiger partial charge in [0.15, 0.2) is 0 Å². The molecule has 2 fully saturated rings. The van der Waals surface area contributed by atoms with Crippen LogP contribution in [0.15, 0.2) is 17.2 Å². The molecule has 0 aromatic carbocycles. The van der Waals surface area contributed by atoms with Crippen LogP contribution < -0.4 is 0 Å². The molecule has 3 rings (SSSR count). The highest BCUT2D eigenvalue weighted by Crippen LogP contribution is 2.38. The number of rotatable bonds is 5. The summed E-state index contributed by atoms with van der Waals surface area (Å²) >= 11 is 0. The van der Waals surface area contributed by atoms with E-state index in [0.29, 0.717) is 16.6 Å². The Morgan fingerprint density at radius 2 is 1.90 bits per heavy atom. The van der Waals surface area contributed by atoms with Crippen molar-refractivity contribution in [2.75, 3.05) is 7.05 Å². The number of hydrogen-bond donors (Lipinski definition) is 1. The molecule has 21 heavy (non-hydrogen) atoms. The maximum atomic E-state index is 12.8. The lowest BCUT2D eigenvalue weighted by molar-refractivity contribution is 0.270. The molecular weight excluding hydrogens is 288 g/mol. The Morgan fingerprint density at radius 3 is 2.48 bits per heavy atom. The van der Waals surface area contributed by atoms with Crippen LogP contribution in [0.1, 0.15) is 56.7 Å². The number of aliphatic hydroxyl groups excluding tert-OH is 1. The number of aliphatic hydroxyl groups is 1. The minimum absolute atomic E-state index is 0.112. The molecule has 0 amide bonds. The van der Waals surface area contributed by atoms with Gasteiger partial charge >= 0.3 is 0 Å². The topological polar surface area (TPSA) is 62.5 Å². The van der Waals surface area contributed by atoms with E-state index < -0.39 is 10.0 Å². The SMILES string of the molecule is CN(C1CCCCC1)S(=O)(=O)c1cc(CO)n(C2CC2)c1. The Bertz CT molecular complexity index is 598. The first kappa shape index (κ1) is 15.1. The van der Waals surface area contributed by atoms with E-state index in [1.807, 2.05) is 4.57 Å². The fourth-order valence-electron chi connectivity index (χ4n) is 3.26. The van der Waals surface area contributed by atoms with Crippen LogP contribution in [0.2, 0.25) is 0 Å². The summed E-state index contributed by atoms with van der Waals surface area (Å²) in [5.41, 5.74) is 0.702. The fraction of sp³-hybridized carbons (Fsp3) is 0.733. The van der Waals surface area contributed by atoms with Gasteiger partial charge in [-0.1, -0.05) is 19.3 Å². The number of hydrogen-bond acceptors (Lipinski definition) is 3. The van der Waals surface area contributed by atoms with Gasteiger partial charge in [-0.15, -0.1) is 0 Å². The highest BCUT2D eigenvalue weighted by molar-refractivity contribution is 7.89. The van der Waals surface area contributed by atoms with Gasteiger partial charge in [-0.3, -0.25) is 0 Å². The standard InChI is InChI=1S/C15H24N2O3S/c1-16(12-5-3-2-4-6-12)21(19,20)15-9-14(11-18)17(10-15)13-7-8-13/h9-10,12-13,18H,2-8,11H2,1H3. The van der Waals surface area contributed by atoms with Crippen LogP contribution in [0.5, 0.6) is 0 Å². The Balaban J connectivity index is 1.86. The van der Waals surface area contributed by atoms with E-state index in [9.17, 15) is 13.5 Å². The maximum Gasteiger partial charge on any atom is 0.244 e. The van der Waals surface area contributed by atoms with E-state index in [2.05, 4.69) is 0 Å². The number of sulfonamides is 1. The quantitative estimate of drug-likeness (QED) is 0.907. The molecule has 2 saturated carbocycles. The van der Waals surface area contributed by atoms with E-state index in [1.54, 1.807) is 23.6 Å². The molecule has 0 radical (unpaired) electrons. The Kier molecular flexibility index (Phi) is 4.12. The van der Waals surface area contributed by atoms with Gasteiger partial charge in [0, 0.05) is 31.0 Å². The zero-order valence-electron chi connectivity index (χ0n) is 12.5. The van der Waals surface area contributed by atoms with Crippen LogP contribution in [0.25, 0.3) is 0 Å². The van der Waals surface area contributed by atoms with Crippen molar-refractivity contribution in [2.24, 2.45) is 0 Å². The fourth-order valence-corrected chi connectivity index (χ4v) is 4.73. The van der Waals surface area contributed by atoms with E-state index in [-0.39, 0.29) is 12.6 Å². The van der Waals surface area contributed by atoms with Gasteiger partial charge in [0.2, 0.25) is 10.0 Å². The Morgan fingerprint density at radius 1 is 1.24 bits per heavy atom. The molecule has 6 heteroatoms. The molecule has 5 nitrogen and oxygen atoms in total. The van der Waals surface area contributed by atoms with Crippen molar-refractivity contribution in [1.29, 1.82) is 0 Å². The van der Waals surface area contributed by atoms with E-state index >= 15 is 0 Å². The molecule has 1 N–H and O–H groups in total. The van der Waals surface area contributed by atoms with Crippen molar-refractivity contribution in [3.05, 3.63) is 18.0 Å². The summed E-state index contributed by atoms with van der Waals surface area (Å²) in [5.74, 6) is 0. The normalized spacial score (nSPS) is 21.1. The summed E-state index contributed by atoms with van der Waals surface area (Å²) in [6, 6.07) is 2.12. The summed E-state index contributed by atoms with van der Waals surface area (Å²) in [4.78, 5) is 0.325. The van der Waals surface area contributed by atoms with E-state index in [1.165, 1.54) is 6.42 Å². The Hall–Kier alpha value is -0.850. The minimum Gasteiger partial charge on any atom is -0.390 e. The third-order valence-electron chi connectivity index (χ3n) is 4.78. The lowest BCUT2D eigenvalue weighted by Gasteiger charge is -2.30. The van der Waals surface area contributed by atoms with E-state index in [4.69, 9.17) is 0 Å². The van der Waals surface area contributed by atoms with Crippen molar-refractivity contribution in [3.8, 4) is 0 Å². The second kappa shape index (κ2) is 5.74. The van der Waals surface area contributed by atoms with Gasteiger partial charge in [0.1, 0.15) is 4.90 Å². The zero-order chi connectivity index (χ0) is 15.0. The molecule has 1 aromatic heterocycles. The van der Waals surface area contributed by atoms with E-state index in [0.717, 1.165) is 38.5 Å². The van der Waals surface area contributed by atoms with Crippen LogP contribution >= 0.6 is 0 Å². The average Bonchev–Trinajstić information content (AvgIpc) is 3.25. The first-order chi connectivity index (χ1) is 10.0. The number of nitrogens with zero attached hydrogens (tertiary/aromatic N) is 2. The summed E-state index contributed by atoms with van der Waals surface area (Å²) in [6.45, 7) is -0.112. The molecule has 118 valence electrons. The lowest BCUT2D eigenvalue weighted by Crippen LogP contribution is -2.38. The molecule has 0 aliphatic heterocycles. The highest BCUT2D eigenvalue weighted by Gasteiger charge is 2.32. The average molecular weight is 312 g/mol. The smallest absolute Gasteiger partial charge is 0.244 e. The summed E-state index contributed by atoms with van der Waals surface area (Å²) in [7, 11) is -1.76. The predicted molar refractivity (Wildman–Crippen MR) is 80.4 cm³/mol. The monoisotopic (exact) mass is 312 g/mol. The van der Waals surface area contributed by atoms with Crippen molar-refractivity contribution in [3.63, 3.8) is 0 Å². The summed E-state index contributed by atoms with van der Waals surface area (Å²) in [6.07, 6.45) is 9.16. The highest BCUT2D eigenvalue weighted by atomic mass is 32.2. The molecule has 0 atom stereocenters. The van der Waals surface area contributed by atoms with Crippen LogP contribution in [-0.4, -0.2) is 35.5 Å².